The number of carbonyl (C=O) groups excluding carboxylic acids is 1. The van der Waals surface area contributed by atoms with Gasteiger partial charge in [-0.15, -0.1) is 10.2 Å². The Morgan fingerprint density at radius 3 is 2.37 bits per heavy atom. The SMILES string of the molecule is O=C(Cc1ccc(Cl)cc1)NC(c1ccc(F)cc1)c1nnc(-c2ccccc2)o1. The predicted octanol–water partition coefficient (Wildman–Crippen LogP) is 4.98. The second kappa shape index (κ2) is 8.88. The summed E-state index contributed by atoms with van der Waals surface area (Å²) < 4.78 is 19.2. The molecule has 0 spiro atoms. The van der Waals surface area contributed by atoms with Crippen molar-refractivity contribution in [2.45, 2.75) is 12.5 Å². The van der Waals surface area contributed by atoms with Crippen LogP contribution in [0, 0.1) is 5.82 Å². The zero-order chi connectivity index (χ0) is 20.9. The molecule has 0 aliphatic heterocycles. The Bertz CT molecular complexity index is 1130. The molecule has 1 amide bonds. The highest BCUT2D eigenvalue weighted by molar-refractivity contribution is 6.30. The van der Waals surface area contributed by atoms with Gasteiger partial charge >= 0.3 is 0 Å². The fourth-order valence-corrected chi connectivity index (χ4v) is 3.12. The molecule has 0 aliphatic rings. The van der Waals surface area contributed by atoms with E-state index in [0.29, 0.717) is 16.5 Å². The highest BCUT2D eigenvalue weighted by Crippen LogP contribution is 2.25. The molecule has 1 heterocycles. The number of aromatic nitrogens is 2. The van der Waals surface area contributed by atoms with Crippen LogP contribution in [0.1, 0.15) is 23.1 Å². The van der Waals surface area contributed by atoms with Crippen LogP contribution in [0.2, 0.25) is 5.02 Å². The third kappa shape index (κ3) is 4.72. The standard InChI is InChI=1S/C23H17ClFN3O2/c24-18-10-6-15(7-11-18)14-20(29)26-21(16-8-12-19(25)13-9-16)23-28-27-22(30-23)17-4-2-1-3-5-17/h1-13,21H,14H2,(H,26,29). The summed E-state index contributed by atoms with van der Waals surface area (Å²) in [4.78, 5) is 12.7. The van der Waals surface area contributed by atoms with E-state index in [0.717, 1.165) is 11.1 Å². The average molecular weight is 422 g/mol. The maximum atomic E-state index is 13.4. The largest absolute Gasteiger partial charge is 0.418 e. The van der Waals surface area contributed by atoms with Gasteiger partial charge in [-0.1, -0.05) is 54.1 Å². The molecule has 30 heavy (non-hydrogen) atoms. The molecule has 150 valence electrons. The third-order valence-corrected chi connectivity index (χ3v) is 4.75. The molecule has 0 saturated carbocycles. The summed E-state index contributed by atoms with van der Waals surface area (Å²) >= 11 is 5.90. The molecule has 4 aromatic rings. The molecule has 0 aliphatic carbocycles. The van der Waals surface area contributed by atoms with E-state index in [1.807, 2.05) is 30.3 Å². The fourth-order valence-electron chi connectivity index (χ4n) is 2.99. The van der Waals surface area contributed by atoms with Gasteiger partial charge in [-0.3, -0.25) is 4.79 Å². The summed E-state index contributed by atoms with van der Waals surface area (Å²) in [5, 5.41) is 11.7. The van der Waals surface area contributed by atoms with Crippen LogP contribution in [-0.2, 0) is 11.2 Å². The Hall–Kier alpha value is -3.51. The third-order valence-electron chi connectivity index (χ3n) is 4.49. The van der Waals surface area contributed by atoms with Crippen LogP contribution < -0.4 is 5.32 Å². The number of halogens is 2. The van der Waals surface area contributed by atoms with E-state index in [2.05, 4.69) is 15.5 Å². The van der Waals surface area contributed by atoms with Crippen molar-refractivity contribution in [3.05, 3.63) is 107 Å². The molecule has 1 unspecified atom stereocenters. The molecule has 0 fully saturated rings. The van der Waals surface area contributed by atoms with Crippen molar-refractivity contribution < 1.29 is 13.6 Å². The lowest BCUT2D eigenvalue weighted by atomic mass is 10.1. The van der Waals surface area contributed by atoms with E-state index in [1.54, 1.807) is 36.4 Å². The second-order valence-corrected chi connectivity index (χ2v) is 7.10. The Labute approximate surface area is 177 Å². The molecule has 1 N–H and O–H groups in total. The number of carbonyl (C=O) groups is 1. The van der Waals surface area contributed by atoms with Crippen molar-refractivity contribution >= 4 is 17.5 Å². The van der Waals surface area contributed by atoms with Crippen LogP contribution in [0.25, 0.3) is 11.5 Å². The summed E-state index contributed by atoms with van der Waals surface area (Å²) in [6, 6.07) is 21.4. The quantitative estimate of drug-likeness (QED) is 0.477. The predicted molar refractivity (Wildman–Crippen MR) is 111 cm³/mol. The van der Waals surface area contributed by atoms with Gasteiger partial charge in [0.15, 0.2) is 0 Å². The van der Waals surface area contributed by atoms with E-state index in [9.17, 15) is 9.18 Å². The van der Waals surface area contributed by atoms with Gasteiger partial charge in [0.05, 0.1) is 6.42 Å². The van der Waals surface area contributed by atoms with Crippen LogP contribution in [0.3, 0.4) is 0 Å². The minimum absolute atomic E-state index is 0.147. The molecule has 7 heteroatoms. The number of rotatable bonds is 6. The summed E-state index contributed by atoms with van der Waals surface area (Å²) in [5.41, 5.74) is 2.20. The normalized spacial score (nSPS) is 11.8. The van der Waals surface area contributed by atoms with Gasteiger partial charge in [-0.2, -0.15) is 0 Å². The molecular weight excluding hydrogens is 405 g/mol. The number of benzene rings is 3. The van der Waals surface area contributed by atoms with E-state index in [-0.39, 0.29) is 24.0 Å². The first kappa shape index (κ1) is 19.8. The highest BCUT2D eigenvalue weighted by atomic mass is 35.5. The number of nitrogens with zero attached hydrogens (tertiary/aromatic N) is 2. The highest BCUT2D eigenvalue weighted by Gasteiger charge is 2.23. The zero-order valence-corrected chi connectivity index (χ0v) is 16.5. The van der Waals surface area contributed by atoms with Crippen LogP contribution in [-0.4, -0.2) is 16.1 Å². The molecule has 1 atom stereocenters. The summed E-state index contributed by atoms with van der Waals surface area (Å²) in [6.45, 7) is 0. The van der Waals surface area contributed by atoms with Crippen molar-refractivity contribution in [1.29, 1.82) is 0 Å². The first-order valence-electron chi connectivity index (χ1n) is 9.26. The molecular formula is C23H17ClFN3O2. The van der Waals surface area contributed by atoms with Crippen LogP contribution >= 0.6 is 11.6 Å². The summed E-state index contributed by atoms with van der Waals surface area (Å²) in [5.74, 6) is -0.0683. The second-order valence-electron chi connectivity index (χ2n) is 6.67. The first-order chi connectivity index (χ1) is 14.6. The van der Waals surface area contributed by atoms with Gasteiger partial charge in [0, 0.05) is 10.6 Å². The minimum atomic E-state index is -0.713. The van der Waals surface area contributed by atoms with E-state index < -0.39 is 6.04 Å². The Morgan fingerprint density at radius 2 is 1.67 bits per heavy atom. The topological polar surface area (TPSA) is 68.0 Å². The van der Waals surface area contributed by atoms with Crippen molar-refractivity contribution in [1.82, 2.24) is 15.5 Å². The number of amides is 1. The molecule has 0 radical (unpaired) electrons. The van der Waals surface area contributed by atoms with Crippen LogP contribution in [0.4, 0.5) is 4.39 Å². The van der Waals surface area contributed by atoms with Gasteiger partial charge in [0.1, 0.15) is 11.9 Å². The summed E-state index contributed by atoms with van der Waals surface area (Å²) in [7, 11) is 0. The van der Waals surface area contributed by atoms with Gasteiger partial charge < -0.3 is 9.73 Å². The summed E-state index contributed by atoms with van der Waals surface area (Å²) in [6.07, 6.45) is 0.147. The monoisotopic (exact) mass is 421 g/mol. The van der Waals surface area contributed by atoms with Crippen LogP contribution in [0.5, 0.6) is 0 Å². The van der Waals surface area contributed by atoms with Crippen molar-refractivity contribution in [2.75, 3.05) is 0 Å². The lowest BCUT2D eigenvalue weighted by Gasteiger charge is -2.16. The number of hydrogen-bond donors (Lipinski definition) is 1. The van der Waals surface area contributed by atoms with Crippen molar-refractivity contribution in [2.24, 2.45) is 0 Å². The smallest absolute Gasteiger partial charge is 0.247 e. The maximum absolute atomic E-state index is 13.4. The Morgan fingerprint density at radius 1 is 0.967 bits per heavy atom. The molecule has 4 rings (SSSR count). The van der Waals surface area contributed by atoms with Crippen LogP contribution in [0.15, 0.2) is 83.3 Å². The molecule has 0 saturated heterocycles. The van der Waals surface area contributed by atoms with E-state index in [1.165, 1.54) is 12.1 Å². The van der Waals surface area contributed by atoms with E-state index in [4.69, 9.17) is 16.0 Å². The minimum Gasteiger partial charge on any atom is -0.418 e. The fraction of sp³-hybridized carbons (Fsp3) is 0.0870. The maximum Gasteiger partial charge on any atom is 0.247 e. The van der Waals surface area contributed by atoms with Crippen molar-refractivity contribution in [3.8, 4) is 11.5 Å². The lowest BCUT2D eigenvalue weighted by Crippen LogP contribution is -2.30. The molecule has 0 bridgehead atoms. The Kier molecular flexibility index (Phi) is 5.86. The van der Waals surface area contributed by atoms with Gasteiger partial charge in [0.25, 0.3) is 0 Å². The van der Waals surface area contributed by atoms with Crippen molar-refractivity contribution in [3.63, 3.8) is 0 Å². The van der Waals surface area contributed by atoms with Gasteiger partial charge in [-0.25, -0.2) is 4.39 Å². The number of hydrogen-bond acceptors (Lipinski definition) is 4. The Balaban J connectivity index is 1.60. The zero-order valence-electron chi connectivity index (χ0n) is 15.8. The van der Waals surface area contributed by atoms with Gasteiger partial charge in [-0.05, 0) is 47.5 Å². The van der Waals surface area contributed by atoms with Gasteiger partial charge in [0.2, 0.25) is 17.7 Å². The molecule has 1 aromatic heterocycles. The molecule has 5 nitrogen and oxygen atoms in total. The van der Waals surface area contributed by atoms with E-state index >= 15 is 0 Å². The average Bonchev–Trinajstić information content (AvgIpc) is 3.25. The first-order valence-corrected chi connectivity index (χ1v) is 9.64. The molecule has 3 aromatic carbocycles. The number of nitrogens with one attached hydrogen (secondary N) is 1. The lowest BCUT2D eigenvalue weighted by molar-refractivity contribution is -0.121.